The number of benzene rings is 1. The summed E-state index contributed by atoms with van der Waals surface area (Å²) in [4.78, 5) is 16.9. The van der Waals surface area contributed by atoms with E-state index in [2.05, 4.69) is 10.3 Å². The van der Waals surface area contributed by atoms with E-state index in [1.54, 1.807) is 58.0 Å². The van der Waals surface area contributed by atoms with Crippen molar-refractivity contribution in [3.8, 4) is 5.88 Å². The molecule has 0 spiro atoms. The van der Waals surface area contributed by atoms with Crippen LogP contribution in [0.25, 0.3) is 0 Å². The summed E-state index contributed by atoms with van der Waals surface area (Å²) < 4.78 is 11.0. The van der Waals surface area contributed by atoms with E-state index in [0.29, 0.717) is 32.7 Å². The van der Waals surface area contributed by atoms with Crippen molar-refractivity contribution in [1.29, 1.82) is 0 Å². The molecule has 2 N–H and O–H groups in total. The van der Waals surface area contributed by atoms with Crippen LogP contribution in [0.1, 0.15) is 63.6 Å². The van der Waals surface area contributed by atoms with Gasteiger partial charge in [-0.05, 0) is 65.3 Å². The minimum absolute atomic E-state index is 0.0227. The predicted octanol–water partition coefficient (Wildman–Crippen LogP) is 5.78. The van der Waals surface area contributed by atoms with E-state index < -0.39 is 23.8 Å². The molecule has 1 aromatic carbocycles. The number of aliphatic hydroxyl groups excluding tert-OH is 1. The summed E-state index contributed by atoms with van der Waals surface area (Å²) in [6, 6.07) is 7.48. The Labute approximate surface area is 187 Å². The molecule has 2 unspecified atom stereocenters. The number of carbonyl (C=O) groups is 1. The van der Waals surface area contributed by atoms with Crippen molar-refractivity contribution >= 4 is 29.3 Å². The zero-order valence-electron chi connectivity index (χ0n) is 18.0. The van der Waals surface area contributed by atoms with Gasteiger partial charge >= 0.3 is 6.09 Å². The van der Waals surface area contributed by atoms with E-state index in [9.17, 15) is 9.90 Å². The monoisotopic (exact) mass is 454 g/mol. The lowest BCUT2D eigenvalue weighted by atomic mass is 9.95. The molecule has 0 aliphatic rings. The van der Waals surface area contributed by atoms with Crippen LogP contribution in [0.3, 0.4) is 0 Å². The van der Waals surface area contributed by atoms with Crippen molar-refractivity contribution in [2.45, 2.75) is 65.4 Å². The van der Waals surface area contributed by atoms with Crippen LogP contribution in [0.15, 0.2) is 30.3 Å². The molecule has 164 valence electrons. The number of amides is 1. The third-order valence-corrected chi connectivity index (χ3v) is 4.81. The second-order valence-electron chi connectivity index (χ2n) is 8.23. The molecule has 2 rings (SSSR count). The molecule has 0 bridgehead atoms. The number of ether oxygens (including phenoxy) is 2. The van der Waals surface area contributed by atoms with Crippen LogP contribution in [0, 0.1) is 6.92 Å². The second-order valence-corrected chi connectivity index (χ2v) is 9.05. The average Bonchev–Trinajstić information content (AvgIpc) is 2.60. The molecule has 30 heavy (non-hydrogen) atoms. The minimum Gasteiger partial charge on any atom is -0.475 e. The molecule has 8 heteroatoms. The number of nitrogens with zero attached hydrogens (tertiary/aromatic N) is 1. The number of alkyl carbamates (subject to hydrolysis) is 1. The molecule has 0 radical (unpaired) electrons. The Balaban J connectivity index is 2.40. The lowest BCUT2D eigenvalue weighted by Gasteiger charge is -2.28. The lowest BCUT2D eigenvalue weighted by Crippen LogP contribution is -2.37. The Hall–Kier alpha value is -2.02. The normalized spacial score (nSPS) is 13.7. The van der Waals surface area contributed by atoms with Gasteiger partial charge in [0.1, 0.15) is 11.7 Å². The average molecular weight is 455 g/mol. The number of aliphatic hydroxyl groups is 1. The van der Waals surface area contributed by atoms with E-state index in [4.69, 9.17) is 32.7 Å². The van der Waals surface area contributed by atoms with E-state index >= 15 is 0 Å². The van der Waals surface area contributed by atoms with Crippen LogP contribution in [-0.2, 0) is 4.74 Å². The number of aryl methyl sites for hydroxylation is 1. The van der Waals surface area contributed by atoms with E-state index in [0.717, 1.165) is 0 Å². The van der Waals surface area contributed by atoms with E-state index in [1.807, 2.05) is 13.8 Å². The van der Waals surface area contributed by atoms with Crippen LogP contribution in [-0.4, -0.2) is 27.9 Å². The van der Waals surface area contributed by atoms with Crippen molar-refractivity contribution < 1.29 is 19.4 Å². The zero-order chi connectivity index (χ0) is 22.6. The molecule has 1 amide bonds. The fraction of sp³-hybridized carbons (Fsp3) is 0.455. The highest BCUT2D eigenvalue weighted by atomic mass is 35.5. The lowest BCUT2D eigenvalue weighted by molar-refractivity contribution is 0.0418. The molecule has 0 saturated carbocycles. The number of carbonyl (C=O) groups excluding carboxylic acids is 1. The predicted molar refractivity (Wildman–Crippen MR) is 118 cm³/mol. The molecule has 0 saturated heterocycles. The Kier molecular flexibility index (Phi) is 7.97. The zero-order valence-corrected chi connectivity index (χ0v) is 19.5. The fourth-order valence-electron chi connectivity index (χ4n) is 2.83. The van der Waals surface area contributed by atoms with Crippen LogP contribution < -0.4 is 10.1 Å². The van der Waals surface area contributed by atoms with Gasteiger partial charge in [0, 0.05) is 17.3 Å². The molecule has 1 heterocycles. The summed E-state index contributed by atoms with van der Waals surface area (Å²) in [7, 11) is 0. The van der Waals surface area contributed by atoms with Gasteiger partial charge in [0.25, 0.3) is 0 Å². The van der Waals surface area contributed by atoms with Crippen LogP contribution in [0.2, 0.25) is 10.0 Å². The summed E-state index contributed by atoms with van der Waals surface area (Å²) in [6.07, 6.45) is -1.80. The van der Waals surface area contributed by atoms with Gasteiger partial charge in [-0.1, -0.05) is 29.3 Å². The molecule has 0 aliphatic heterocycles. The maximum atomic E-state index is 12.5. The van der Waals surface area contributed by atoms with Gasteiger partial charge in [0.2, 0.25) is 5.88 Å². The smallest absolute Gasteiger partial charge is 0.408 e. The molecule has 1 aromatic heterocycles. The number of nitrogens with one attached hydrogen (secondary N) is 1. The van der Waals surface area contributed by atoms with Gasteiger partial charge in [0.05, 0.1) is 22.2 Å². The summed E-state index contributed by atoms with van der Waals surface area (Å²) in [5.74, 6) is 0.463. The first kappa shape index (κ1) is 24.3. The van der Waals surface area contributed by atoms with Crippen molar-refractivity contribution in [2.75, 3.05) is 0 Å². The Morgan fingerprint density at radius 1 is 1.13 bits per heavy atom. The molecule has 0 aliphatic carbocycles. The van der Waals surface area contributed by atoms with Crippen molar-refractivity contribution in [2.24, 2.45) is 0 Å². The Morgan fingerprint density at radius 2 is 1.80 bits per heavy atom. The molecule has 0 fully saturated rings. The van der Waals surface area contributed by atoms with E-state index in [-0.39, 0.29) is 6.10 Å². The molecular weight excluding hydrogens is 427 g/mol. The molecule has 2 aromatic rings. The standard InChI is InChI=1S/C22H28Cl2N2O4/c1-12(2)29-18-10-8-15(13(3)25-18)20(27)19(26-21(28)30-22(4,5)6)14-7-9-16(23)17(24)11-14/h7-12,19-20,27H,1-6H3,(H,26,28). The highest BCUT2D eigenvalue weighted by molar-refractivity contribution is 6.42. The number of rotatable bonds is 6. The van der Waals surface area contributed by atoms with Crippen molar-refractivity contribution in [3.05, 3.63) is 57.2 Å². The van der Waals surface area contributed by atoms with Gasteiger partial charge < -0.3 is 19.9 Å². The maximum Gasteiger partial charge on any atom is 0.408 e. The number of halogens is 2. The van der Waals surface area contributed by atoms with Gasteiger partial charge in [0.15, 0.2) is 0 Å². The second kappa shape index (κ2) is 9.86. The third kappa shape index (κ3) is 6.76. The van der Waals surface area contributed by atoms with Gasteiger partial charge in [-0.25, -0.2) is 9.78 Å². The Morgan fingerprint density at radius 3 is 2.33 bits per heavy atom. The summed E-state index contributed by atoms with van der Waals surface area (Å²) in [5, 5.41) is 14.6. The van der Waals surface area contributed by atoms with Gasteiger partial charge in [-0.2, -0.15) is 0 Å². The van der Waals surface area contributed by atoms with Crippen LogP contribution in [0.5, 0.6) is 5.88 Å². The van der Waals surface area contributed by atoms with Crippen molar-refractivity contribution in [3.63, 3.8) is 0 Å². The number of hydrogen-bond donors (Lipinski definition) is 2. The first-order valence-corrected chi connectivity index (χ1v) is 10.4. The number of aromatic nitrogens is 1. The quantitative estimate of drug-likeness (QED) is 0.577. The van der Waals surface area contributed by atoms with Crippen molar-refractivity contribution in [1.82, 2.24) is 10.3 Å². The van der Waals surface area contributed by atoms with E-state index in [1.165, 1.54) is 0 Å². The maximum absolute atomic E-state index is 12.5. The van der Waals surface area contributed by atoms with Gasteiger partial charge in [-0.15, -0.1) is 0 Å². The minimum atomic E-state index is -1.12. The summed E-state index contributed by atoms with van der Waals surface area (Å²) in [5.41, 5.74) is 1.00. The highest BCUT2D eigenvalue weighted by Crippen LogP contribution is 2.34. The summed E-state index contributed by atoms with van der Waals surface area (Å²) >= 11 is 12.2. The van der Waals surface area contributed by atoms with Crippen LogP contribution >= 0.6 is 23.2 Å². The first-order valence-electron chi connectivity index (χ1n) is 9.64. The first-order chi connectivity index (χ1) is 13.9. The number of pyridine rings is 1. The topological polar surface area (TPSA) is 80.7 Å². The third-order valence-electron chi connectivity index (χ3n) is 4.07. The van der Waals surface area contributed by atoms with Crippen LogP contribution in [0.4, 0.5) is 4.79 Å². The highest BCUT2D eigenvalue weighted by Gasteiger charge is 2.29. The Bertz CT molecular complexity index is 897. The molecule has 6 nitrogen and oxygen atoms in total. The van der Waals surface area contributed by atoms with Gasteiger partial charge in [-0.3, -0.25) is 0 Å². The largest absolute Gasteiger partial charge is 0.475 e. The fourth-order valence-corrected chi connectivity index (χ4v) is 3.14. The summed E-state index contributed by atoms with van der Waals surface area (Å²) in [6.45, 7) is 10.9. The number of hydrogen-bond acceptors (Lipinski definition) is 5. The molecular formula is C22H28Cl2N2O4. The SMILES string of the molecule is Cc1nc(OC(C)C)ccc1C(O)C(NC(=O)OC(C)(C)C)c1ccc(Cl)c(Cl)c1. The molecule has 2 atom stereocenters.